The predicted octanol–water partition coefficient (Wildman–Crippen LogP) is 0.255. The molecule has 2 aromatic rings. The zero-order chi connectivity index (χ0) is 21.2. The number of nitrogens with zero attached hydrogens (tertiary/aromatic N) is 4. The van der Waals surface area contributed by atoms with Gasteiger partial charge in [-0.15, -0.1) is 5.10 Å². The number of hydrogen-bond acceptors (Lipinski definition) is 8. The minimum absolute atomic E-state index is 0.0321. The molecule has 2 heterocycles. The largest absolute Gasteiger partial charge is 0.478 e. The zero-order valence-corrected chi connectivity index (χ0v) is 17.1. The number of aromatic carboxylic acids is 1. The number of aromatic nitrogens is 3. The number of anilines is 1. The second kappa shape index (κ2) is 8.36. The number of hydrogen-bond donors (Lipinski definition) is 5. The number of halogens is 1. The monoisotopic (exact) mass is 421 g/mol. The quantitative estimate of drug-likeness (QED) is 0.383. The molecule has 156 valence electrons. The van der Waals surface area contributed by atoms with Crippen molar-refractivity contribution in [2.24, 2.45) is 4.99 Å². The number of aliphatic hydroxyl groups is 1. The van der Waals surface area contributed by atoms with E-state index in [2.05, 4.69) is 26.3 Å². The molecule has 3 rings (SSSR count). The van der Waals surface area contributed by atoms with Crippen molar-refractivity contribution in [1.82, 2.24) is 25.6 Å². The molecule has 0 aliphatic carbocycles. The Morgan fingerprint density at radius 2 is 2.17 bits per heavy atom. The Balaban J connectivity index is 2.08. The molecule has 10 nitrogen and oxygen atoms in total. The Morgan fingerprint density at radius 1 is 1.41 bits per heavy atom. The van der Waals surface area contributed by atoms with Gasteiger partial charge in [0.15, 0.2) is 5.49 Å². The van der Waals surface area contributed by atoms with Crippen LogP contribution in [-0.2, 0) is 0 Å². The highest BCUT2D eigenvalue weighted by atomic mass is 35.5. The molecule has 0 radical (unpaired) electrons. The van der Waals surface area contributed by atoms with E-state index in [1.165, 1.54) is 12.1 Å². The second-order valence-electron chi connectivity index (χ2n) is 7.00. The Morgan fingerprint density at radius 3 is 2.79 bits per heavy atom. The number of carboxylic acids is 1. The van der Waals surface area contributed by atoms with Gasteiger partial charge in [-0.25, -0.2) is 14.5 Å². The molecule has 29 heavy (non-hydrogen) atoms. The minimum atomic E-state index is -1.26. The van der Waals surface area contributed by atoms with Crippen LogP contribution in [-0.4, -0.2) is 49.7 Å². The van der Waals surface area contributed by atoms with Crippen molar-refractivity contribution < 1.29 is 15.0 Å². The van der Waals surface area contributed by atoms with E-state index in [1.807, 2.05) is 20.8 Å². The SMILES string of the molecule is CCC(CO)NC1(Nc2ccc(Cl)c(C(=O)O)c2)N=c2c(nnn2C(C)C)=CN1. The van der Waals surface area contributed by atoms with Crippen molar-refractivity contribution in [3.05, 3.63) is 39.6 Å². The summed E-state index contributed by atoms with van der Waals surface area (Å²) >= 11 is 5.98. The van der Waals surface area contributed by atoms with Crippen molar-refractivity contribution in [3.8, 4) is 0 Å². The molecule has 1 aliphatic heterocycles. The third kappa shape index (κ3) is 4.34. The van der Waals surface area contributed by atoms with Crippen molar-refractivity contribution in [2.75, 3.05) is 11.9 Å². The fourth-order valence-electron chi connectivity index (χ4n) is 2.94. The average Bonchev–Trinajstić information content (AvgIpc) is 3.10. The van der Waals surface area contributed by atoms with Gasteiger partial charge in [0.25, 0.3) is 5.91 Å². The highest BCUT2D eigenvalue weighted by Crippen LogP contribution is 2.23. The van der Waals surface area contributed by atoms with Gasteiger partial charge in [0, 0.05) is 17.9 Å². The molecule has 2 unspecified atom stereocenters. The molecule has 0 saturated heterocycles. The van der Waals surface area contributed by atoms with Crippen molar-refractivity contribution in [2.45, 2.75) is 45.2 Å². The summed E-state index contributed by atoms with van der Waals surface area (Å²) in [7, 11) is 0. The fraction of sp³-hybridized carbons (Fsp3) is 0.444. The standard InChI is InChI=1S/C18H24ClN7O3/c1-4-11(9-27)21-18(22-12-5-6-14(19)13(7-12)17(28)29)20-8-15-16(23-18)26(10(2)3)25-24-15/h5-8,10-11,20-22,27H,4,9H2,1-3H3,(H,28,29). The number of rotatable bonds is 8. The number of carboxylic acid groups (broad SMARTS) is 1. The molecule has 1 aromatic heterocycles. The Labute approximate surface area is 172 Å². The first-order valence-electron chi connectivity index (χ1n) is 9.27. The van der Waals surface area contributed by atoms with Crippen LogP contribution in [0.15, 0.2) is 23.2 Å². The first-order chi connectivity index (χ1) is 13.8. The van der Waals surface area contributed by atoms with Gasteiger partial charge < -0.3 is 20.8 Å². The van der Waals surface area contributed by atoms with Crippen LogP contribution < -0.4 is 26.8 Å². The van der Waals surface area contributed by atoms with Crippen molar-refractivity contribution in [3.63, 3.8) is 0 Å². The summed E-state index contributed by atoms with van der Waals surface area (Å²) in [6.45, 7) is 5.77. The molecule has 0 amide bonds. The van der Waals surface area contributed by atoms with E-state index in [1.54, 1.807) is 16.9 Å². The minimum Gasteiger partial charge on any atom is -0.478 e. The van der Waals surface area contributed by atoms with Gasteiger partial charge in [-0.1, -0.05) is 23.7 Å². The normalized spacial score (nSPS) is 19.0. The van der Waals surface area contributed by atoms with E-state index < -0.39 is 11.9 Å². The van der Waals surface area contributed by atoms with Crippen LogP contribution in [0.3, 0.4) is 0 Å². The highest BCUT2D eigenvalue weighted by molar-refractivity contribution is 6.33. The molecule has 11 heteroatoms. The number of benzene rings is 1. The summed E-state index contributed by atoms with van der Waals surface area (Å²) in [6.07, 6.45) is 2.32. The average molecular weight is 422 g/mol. The summed E-state index contributed by atoms with van der Waals surface area (Å²) in [5, 5.41) is 37.6. The lowest BCUT2D eigenvalue weighted by molar-refractivity contribution is 0.0697. The molecule has 2 atom stereocenters. The number of fused-ring (bicyclic) bond motifs is 1. The van der Waals surface area contributed by atoms with Crippen LogP contribution in [0.1, 0.15) is 43.6 Å². The number of aliphatic hydroxyl groups excluding tert-OH is 1. The number of carbonyl (C=O) groups is 1. The van der Waals surface area contributed by atoms with Crippen LogP contribution in [0.25, 0.3) is 6.20 Å². The summed E-state index contributed by atoms with van der Waals surface area (Å²) in [4.78, 5) is 16.2. The van der Waals surface area contributed by atoms with E-state index in [0.29, 0.717) is 22.9 Å². The molecule has 1 aromatic carbocycles. The molecular weight excluding hydrogens is 398 g/mol. The van der Waals surface area contributed by atoms with Crippen LogP contribution in [0.2, 0.25) is 5.02 Å². The third-order valence-electron chi connectivity index (χ3n) is 4.52. The third-order valence-corrected chi connectivity index (χ3v) is 4.85. The van der Waals surface area contributed by atoms with E-state index in [0.717, 1.165) is 0 Å². The van der Waals surface area contributed by atoms with E-state index in [9.17, 15) is 15.0 Å². The van der Waals surface area contributed by atoms with E-state index >= 15 is 0 Å². The van der Waals surface area contributed by atoms with Crippen LogP contribution >= 0.6 is 11.6 Å². The molecule has 5 N–H and O–H groups in total. The molecular formula is C18H24ClN7O3. The molecule has 0 fully saturated rings. The lowest BCUT2D eigenvalue weighted by Gasteiger charge is -2.36. The lowest BCUT2D eigenvalue weighted by Crippen LogP contribution is -2.66. The maximum absolute atomic E-state index is 11.4. The van der Waals surface area contributed by atoms with E-state index in [-0.39, 0.29) is 29.3 Å². The topological polar surface area (TPSA) is 137 Å². The predicted molar refractivity (Wildman–Crippen MR) is 108 cm³/mol. The first kappa shape index (κ1) is 21.0. The van der Waals surface area contributed by atoms with Gasteiger partial charge in [0.1, 0.15) is 5.35 Å². The highest BCUT2D eigenvalue weighted by Gasteiger charge is 2.33. The van der Waals surface area contributed by atoms with Gasteiger partial charge in [-0.3, -0.25) is 5.32 Å². The van der Waals surface area contributed by atoms with Gasteiger partial charge in [-0.2, -0.15) is 0 Å². The van der Waals surface area contributed by atoms with Crippen molar-refractivity contribution in [1.29, 1.82) is 0 Å². The lowest BCUT2D eigenvalue weighted by atomic mass is 10.2. The molecule has 0 saturated carbocycles. The zero-order valence-electron chi connectivity index (χ0n) is 16.3. The maximum atomic E-state index is 11.4. The molecule has 0 bridgehead atoms. The fourth-order valence-corrected chi connectivity index (χ4v) is 3.13. The first-order valence-corrected chi connectivity index (χ1v) is 9.65. The Hall–Kier alpha value is -2.69. The Bertz CT molecular complexity index is 1020. The van der Waals surface area contributed by atoms with Gasteiger partial charge >= 0.3 is 5.97 Å². The summed E-state index contributed by atoms with van der Waals surface area (Å²) in [5.74, 6) is -2.39. The van der Waals surface area contributed by atoms with E-state index in [4.69, 9.17) is 16.6 Å². The number of nitrogens with one attached hydrogen (secondary N) is 3. The van der Waals surface area contributed by atoms with Crippen molar-refractivity contribution >= 4 is 29.5 Å². The summed E-state index contributed by atoms with van der Waals surface area (Å²) < 4.78 is 1.69. The van der Waals surface area contributed by atoms with Crippen LogP contribution in [0, 0.1) is 0 Å². The van der Waals surface area contributed by atoms with Crippen LogP contribution in [0.5, 0.6) is 0 Å². The molecule has 0 spiro atoms. The van der Waals surface area contributed by atoms with Crippen LogP contribution in [0.4, 0.5) is 5.69 Å². The van der Waals surface area contributed by atoms with Gasteiger partial charge in [-0.05, 0) is 38.5 Å². The second-order valence-corrected chi connectivity index (χ2v) is 7.41. The van der Waals surface area contributed by atoms with Gasteiger partial charge in [0.05, 0.1) is 23.2 Å². The smallest absolute Gasteiger partial charge is 0.337 e. The maximum Gasteiger partial charge on any atom is 0.337 e. The summed E-state index contributed by atoms with van der Waals surface area (Å²) in [5.41, 5.74) is 0.998. The summed E-state index contributed by atoms with van der Waals surface area (Å²) in [6, 6.07) is 4.35. The molecule has 1 aliphatic rings. The van der Waals surface area contributed by atoms with Gasteiger partial charge in [0.2, 0.25) is 0 Å². The Kier molecular flexibility index (Phi) is 6.06.